The molecule has 3 rings (SSSR count). The molecule has 0 unspecified atom stereocenters. The van der Waals surface area contributed by atoms with Gasteiger partial charge in [0.25, 0.3) is 0 Å². The summed E-state index contributed by atoms with van der Waals surface area (Å²) in [6, 6.07) is 9.38. The number of sulfonamides is 1. The van der Waals surface area contributed by atoms with E-state index in [0.717, 1.165) is 12.1 Å². The van der Waals surface area contributed by atoms with Crippen LogP contribution >= 0.6 is 0 Å². The maximum absolute atomic E-state index is 12.5. The van der Waals surface area contributed by atoms with Crippen LogP contribution in [0.25, 0.3) is 11.0 Å². The van der Waals surface area contributed by atoms with Crippen molar-refractivity contribution in [3.8, 4) is 5.75 Å². The third kappa shape index (κ3) is 5.67. The largest absolute Gasteiger partial charge is 0.495 e. The van der Waals surface area contributed by atoms with Gasteiger partial charge in [-0.25, -0.2) is 27.9 Å². The van der Waals surface area contributed by atoms with Crippen LogP contribution in [0.3, 0.4) is 0 Å². The Morgan fingerprint density at radius 3 is 2.52 bits per heavy atom. The van der Waals surface area contributed by atoms with Crippen LogP contribution in [0.4, 0.5) is 10.5 Å². The summed E-state index contributed by atoms with van der Waals surface area (Å²) in [6.45, 7) is 1.55. The van der Waals surface area contributed by atoms with E-state index in [2.05, 4.69) is 5.32 Å². The molecule has 3 N–H and O–H groups in total. The highest BCUT2D eigenvalue weighted by Crippen LogP contribution is 2.25. The van der Waals surface area contributed by atoms with E-state index in [4.69, 9.17) is 23.8 Å². The molecule has 33 heavy (non-hydrogen) atoms. The standard InChI is InChI=1S/C21H20N2O9S/c1-3-30-21(26)23-14-5-6-15-13(9-19(24)32-17(15)10-14)11-31-20(25)12-4-7-16(29-2)18(8-12)33(22,27)28/h4-10H,3,11H2,1-2H3,(H,23,26)(H2,22,27,28). The molecule has 0 aliphatic heterocycles. The number of carbonyl (C=O) groups is 2. The van der Waals surface area contributed by atoms with Gasteiger partial charge in [0, 0.05) is 28.8 Å². The quantitative estimate of drug-likeness (QED) is 0.385. The molecule has 11 nitrogen and oxygen atoms in total. The number of hydrogen-bond acceptors (Lipinski definition) is 9. The number of anilines is 1. The lowest BCUT2D eigenvalue weighted by Crippen LogP contribution is -2.15. The SMILES string of the molecule is CCOC(=O)Nc1ccc2c(COC(=O)c3ccc(OC)c(S(N)(=O)=O)c3)cc(=O)oc2c1. The van der Waals surface area contributed by atoms with E-state index >= 15 is 0 Å². The fourth-order valence-electron chi connectivity index (χ4n) is 2.96. The second kappa shape index (κ2) is 9.71. The average molecular weight is 476 g/mol. The van der Waals surface area contributed by atoms with Crippen molar-refractivity contribution in [3.05, 3.63) is 64.0 Å². The second-order valence-electron chi connectivity index (χ2n) is 6.63. The summed E-state index contributed by atoms with van der Waals surface area (Å²) in [6.07, 6.45) is -0.664. The number of esters is 1. The van der Waals surface area contributed by atoms with Gasteiger partial charge in [0.05, 0.1) is 19.3 Å². The van der Waals surface area contributed by atoms with Gasteiger partial charge in [-0.3, -0.25) is 5.32 Å². The lowest BCUT2D eigenvalue weighted by atomic mass is 10.1. The molecule has 1 aromatic heterocycles. The summed E-state index contributed by atoms with van der Waals surface area (Å²) in [4.78, 5) is 35.7. The van der Waals surface area contributed by atoms with Crippen LogP contribution in [0.2, 0.25) is 0 Å². The number of nitrogens with one attached hydrogen (secondary N) is 1. The molecule has 2 aromatic carbocycles. The van der Waals surface area contributed by atoms with Crippen molar-refractivity contribution >= 4 is 38.7 Å². The maximum atomic E-state index is 12.5. The first kappa shape index (κ1) is 23.8. The van der Waals surface area contributed by atoms with E-state index in [0.29, 0.717) is 16.6 Å². The van der Waals surface area contributed by atoms with Crippen molar-refractivity contribution in [2.45, 2.75) is 18.4 Å². The molecule has 0 radical (unpaired) electrons. The highest BCUT2D eigenvalue weighted by Gasteiger charge is 2.19. The lowest BCUT2D eigenvalue weighted by molar-refractivity contribution is 0.0473. The molecular formula is C21H20N2O9S. The van der Waals surface area contributed by atoms with E-state index in [9.17, 15) is 22.8 Å². The van der Waals surface area contributed by atoms with Gasteiger partial charge in [0.1, 0.15) is 22.8 Å². The van der Waals surface area contributed by atoms with Crippen LogP contribution in [0.15, 0.2) is 56.6 Å². The molecule has 3 aromatic rings. The normalized spacial score (nSPS) is 11.1. The minimum atomic E-state index is -4.15. The second-order valence-corrected chi connectivity index (χ2v) is 8.16. The highest BCUT2D eigenvalue weighted by atomic mass is 32.2. The van der Waals surface area contributed by atoms with Crippen LogP contribution in [0, 0.1) is 0 Å². The van der Waals surface area contributed by atoms with Crippen molar-refractivity contribution in [2.24, 2.45) is 5.14 Å². The molecule has 1 amide bonds. The van der Waals surface area contributed by atoms with E-state index in [1.807, 2.05) is 0 Å². The number of carbonyl (C=O) groups excluding carboxylic acids is 2. The van der Waals surface area contributed by atoms with Gasteiger partial charge < -0.3 is 18.6 Å². The Morgan fingerprint density at radius 1 is 1.09 bits per heavy atom. The monoisotopic (exact) mass is 476 g/mol. The zero-order chi connectivity index (χ0) is 24.2. The molecule has 0 fully saturated rings. The smallest absolute Gasteiger partial charge is 0.411 e. The average Bonchev–Trinajstić information content (AvgIpc) is 2.76. The van der Waals surface area contributed by atoms with E-state index < -0.39 is 27.7 Å². The van der Waals surface area contributed by atoms with Gasteiger partial charge in [-0.1, -0.05) is 0 Å². The van der Waals surface area contributed by atoms with Gasteiger partial charge in [-0.2, -0.15) is 0 Å². The Kier molecular flexibility index (Phi) is 6.99. The molecule has 0 aliphatic rings. The number of nitrogens with two attached hydrogens (primary N) is 1. The summed E-state index contributed by atoms with van der Waals surface area (Å²) in [5, 5.41) is 8.13. The van der Waals surface area contributed by atoms with Crippen molar-refractivity contribution < 1.29 is 36.6 Å². The Balaban J connectivity index is 1.84. The van der Waals surface area contributed by atoms with E-state index in [1.165, 1.54) is 25.3 Å². The fraction of sp³-hybridized carbons (Fsp3) is 0.190. The topological polar surface area (TPSA) is 164 Å². The van der Waals surface area contributed by atoms with E-state index in [-0.39, 0.29) is 35.0 Å². The minimum absolute atomic E-state index is 0.0204. The molecule has 0 bridgehead atoms. The number of methoxy groups -OCH3 is 1. The van der Waals surface area contributed by atoms with E-state index in [1.54, 1.807) is 19.1 Å². The lowest BCUT2D eigenvalue weighted by Gasteiger charge is -2.11. The zero-order valence-corrected chi connectivity index (χ0v) is 18.4. The third-order valence-electron chi connectivity index (χ3n) is 4.42. The van der Waals surface area contributed by atoms with Crippen LogP contribution in [-0.2, 0) is 26.1 Å². The fourth-order valence-corrected chi connectivity index (χ4v) is 3.69. The van der Waals surface area contributed by atoms with Gasteiger partial charge in [0.2, 0.25) is 10.0 Å². The summed E-state index contributed by atoms with van der Waals surface area (Å²) >= 11 is 0. The maximum Gasteiger partial charge on any atom is 0.411 e. The zero-order valence-electron chi connectivity index (χ0n) is 17.6. The first-order valence-electron chi connectivity index (χ1n) is 9.51. The molecule has 0 atom stereocenters. The van der Waals surface area contributed by atoms with Crippen molar-refractivity contribution in [1.82, 2.24) is 0 Å². The predicted octanol–water partition coefficient (Wildman–Crippen LogP) is 2.37. The van der Waals surface area contributed by atoms with Crippen LogP contribution in [0.5, 0.6) is 5.75 Å². The number of benzene rings is 2. The Hall–Kier alpha value is -3.90. The third-order valence-corrected chi connectivity index (χ3v) is 5.35. The predicted molar refractivity (Wildman–Crippen MR) is 117 cm³/mol. The van der Waals surface area contributed by atoms with Gasteiger partial charge >= 0.3 is 17.7 Å². The van der Waals surface area contributed by atoms with Crippen molar-refractivity contribution in [3.63, 3.8) is 0 Å². The molecule has 12 heteroatoms. The number of hydrogen-bond donors (Lipinski definition) is 2. The highest BCUT2D eigenvalue weighted by molar-refractivity contribution is 7.89. The van der Waals surface area contributed by atoms with Crippen molar-refractivity contribution in [2.75, 3.05) is 19.0 Å². The summed E-state index contributed by atoms with van der Waals surface area (Å²) in [7, 11) is -2.88. The van der Waals surface area contributed by atoms with Crippen LogP contribution < -0.4 is 20.8 Å². The molecule has 0 spiro atoms. The Bertz CT molecular complexity index is 1380. The van der Waals surface area contributed by atoms with Gasteiger partial charge in [-0.15, -0.1) is 0 Å². The summed E-state index contributed by atoms with van der Waals surface area (Å²) in [5.74, 6) is -0.863. The molecule has 174 valence electrons. The Labute approximate surface area is 188 Å². The summed E-state index contributed by atoms with van der Waals surface area (Å²) in [5.41, 5.74) is 0.0732. The van der Waals surface area contributed by atoms with Crippen LogP contribution in [-0.4, -0.2) is 34.2 Å². The molecule has 1 heterocycles. The van der Waals surface area contributed by atoms with Gasteiger partial charge in [-0.05, 0) is 37.3 Å². The number of primary sulfonamides is 1. The Morgan fingerprint density at radius 2 is 1.85 bits per heavy atom. The molecule has 0 saturated heterocycles. The first-order chi connectivity index (χ1) is 15.6. The minimum Gasteiger partial charge on any atom is -0.495 e. The number of amides is 1. The molecule has 0 aliphatic carbocycles. The van der Waals surface area contributed by atoms with Crippen molar-refractivity contribution in [1.29, 1.82) is 0 Å². The first-order valence-corrected chi connectivity index (χ1v) is 11.1. The number of ether oxygens (including phenoxy) is 3. The molecular weight excluding hydrogens is 456 g/mol. The van der Waals surface area contributed by atoms with Gasteiger partial charge in [0.15, 0.2) is 0 Å². The number of fused-ring (bicyclic) bond motifs is 1. The summed E-state index contributed by atoms with van der Waals surface area (Å²) < 4.78 is 43.7. The molecule has 0 saturated carbocycles. The number of rotatable bonds is 7. The van der Waals surface area contributed by atoms with Crippen LogP contribution in [0.1, 0.15) is 22.8 Å².